The molecule has 3 aliphatic heterocycles. The maximum absolute atomic E-state index is 12.6. The average Bonchev–Trinajstić information content (AvgIpc) is 2.75. The van der Waals surface area contributed by atoms with Crippen LogP contribution in [0.15, 0.2) is 11.6 Å². The monoisotopic (exact) mass is 278 g/mol. The summed E-state index contributed by atoms with van der Waals surface area (Å²) >= 11 is 0. The lowest BCUT2D eigenvalue weighted by Crippen LogP contribution is -2.55. The van der Waals surface area contributed by atoms with Gasteiger partial charge in [-0.25, -0.2) is 9.78 Å². The number of hydrogen-bond acceptors (Lipinski definition) is 4. The van der Waals surface area contributed by atoms with Crippen LogP contribution in [-0.4, -0.2) is 24.3 Å². The van der Waals surface area contributed by atoms with Gasteiger partial charge in [-0.2, -0.15) is 0 Å². The number of carbonyl (C=O) groups excluding carboxylic acids is 1. The predicted molar refractivity (Wildman–Crippen MR) is 71.6 cm³/mol. The van der Waals surface area contributed by atoms with E-state index in [1.807, 2.05) is 0 Å². The lowest BCUT2D eigenvalue weighted by Gasteiger charge is -2.47. The van der Waals surface area contributed by atoms with E-state index in [1.165, 1.54) is 12.0 Å². The fraction of sp³-hybridized carbons (Fsp3) is 0.812. The van der Waals surface area contributed by atoms with Gasteiger partial charge in [0.2, 0.25) is 0 Å². The van der Waals surface area contributed by atoms with Gasteiger partial charge in [0.05, 0.1) is 5.41 Å². The second-order valence-corrected chi connectivity index (χ2v) is 7.01. The Labute approximate surface area is 119 Å². The Bertz CT molecular complexity index is 461. The van der Waals surface area contributed by atoms with Gasteiger partial charge in [-0.1, -0.05) is 33.1 Å². The Morgan fingerprint density at radius 2 is 1.95 bits per heavy atom. The molecule has 110 valence electrons. The highest BCUT2D eigenvalue weighted by Crippen LogP contribution is 2.57. The lowest BCUT2D eigenvalue weighted by atomic mass is 9.60. The van der Waals surface area contributed by atoms with Crippen molar-refractivity contribution in [2.45, 2.75) is 64.3 Å². The summed E-state index contributed by atoms with van der Waals surface area (Å²) in [4.78, 5) is 23.6. The van der Waals surface area contributed by atoms with E-state index in [0.717, 1.165) is 25.7 Å². The molecule has 5 aliphatic rings. The van der Waals surface area contributed by atoms with Gasteiger partial charge in [0.25, 0.3) is 0 Å². The van der Waals surface area contributed by atoms with Crippen molar-refractivity contribution in [3.05, 3.63) is 11.6 Å². The fourth-order valence-corrected chi connectivity index (χ4v) is 4.65. The summed E-state index contributed by atoms with van der Waals surface area (Å²) in [5.41, 5.74) is 0.968. The molecule has 0 aromatic heterocycles. The zero-order valence-electron chi connectivity index (χ0n) is 12.1. The summed E-state index contributed by atoms with van der Waals surface area (Å²) in [5, 5.41) is 0. The van der Waals surface area contributed by atoms with Crippen molar-refractivity contribution < 1.29 is 19.3 Å². The standard InChI is InChI=1S/C16H22O4/c1-9(2)10-8-11-14-12(13(10)20-19-11)16(15(17)18-14)6-4-3-5-7-16/h8-9,11-14H,3-7H2,1-2H3/t11-,12-,13+,14+/m1/s1. The Morgan fingerprint density at radius 3 is 2.65 bits per heavy atom. The second kappa shape index (κ2) is 4.31. The predicted octanol–water partition coefficient (Wildman–Crippen LogP) is 2.77. The van der Waals surface area contributed by atoms with E-state index in [9.17, 15) is 4.79 Å². The van der Waals surface area contributed by atoms with E-state index < -0.39 is 0 Å². The van der Waals surface area contributed by atoms with Crippen molar-refractivity contribution in [2.24, 2.45) is 17.3 Å². The van der Waals surface area contributed by atoms with Crippen LogP contribution < -0.4 is 0 Å². The van der Waals surface area contributed by atoms with Crippen molar-refractivity contribution in [2.75, 3.05) is 0 Å². The Hall–Kier alpha value is -0.870. The SMILES string of the molecule is CC(C)C1=C[C@H]2OO[C@@H]1[C@@H]1[C@H]2OC(=O)C12CCCCC2. The lowest BCUT2D eigenvalue weighted by molar-refractivity contribution is -0.397. The van der Waals surface area contributed by atoms with E-state index in [2.05, 4.69) is 19.9 Å². The zero-order chi connectivity index (χ0) is 13.9. The molecule has 0 radical (unpaired) electrons. The highest BCUT2D eigenvalue weighted by Gasteiger charge is 2.66. The molecule has 0 aromatic carbocycles. The zero-order valence-corrected chi connectivity index (χ0v) is 12.1. The van der Waals surface area contributed by atoms with E-state index in [1.54, 1.807) is 0 Å². The number of carbonyl (C=O) groups is 1. The molecule has 0 N–H and O–H groups in total. The van der Waals surface area contributed by atoms with Crippen LogP contribution in [0, 0.1) is 17.3 Å². The first kappa shape index (κ1) is 12.8. The highest BCUT2D eigenvalue weighted by atomic mass is 17.2. The minimum atomic E-state index is -0.315. The number of fused-ring (bicyclic) bond motifs is 1. The third-order valence-corrected chi connectivity index (χ3v) is 5.66. The van der Waals surface area contributed by atoms with E-state index in [0.29, 0.717) is 5.92 Å². The maximum atomic E-state index is 12.6. The topological polar surface area (TPSA) is 44.8 Å². The van der Waals surface area contributed by atoms with Crippen LogP contribution in [0.25, 0.3) is 0 Å². The Balaban J connectivity index is 1.76. The summed E-state index contributed by atoms with van der Waals surface area (Å²) in [7, 11) is 0. The van der Waals surface area contributed by atoms with Crippen LogP contribution in [0.2, 0.25) is 0 Å². The molecule has 2 saturated heterocycles. The third kappa shape index (κ3) is 1.52. The second-order valence-electron chi connectivity index (χ2n) is 7.01. The molecule has 0 aromatic rings. The largest absolute Gasteiger partial charge is 0.458 e. The summed E-state index contributed by atoms with van der Waals surface area (Å²) in [5.74, 6) is 0.565. The normalized spacial score (nSPS) is 41.8. The number of esters is 1. The molecule has 2 aliphatic carbocycles. The van der Waals surface area contributed by atoms with Crippen molar-refractivity contribution in [3.63, 3.8) is 0 Å². The quantitative estimate of drug-likeness (QED) is 0.420. The fourth-order valence-electron chi connectivity index (χ4n) is 4.65. The van der Waals surface area contributed by atoms with Crippen LogP contribution in [0.5, 0.6) is 0 Å². The number of ether oxygens (including phenoxy) is 1. The van der Waals surface area contributed by atoms with Gasteiger partial charge < -0.3 is 4.74 Å². The molecule has 3 heterocycles. The Kier molecular flexibility index (Phi) is 2.77. The third-order valence-electron chi connectivity index (χ3n) is 5.66. The smallest absolute Gasteiger partial charge is 0.313 e. The first-order valence-corrected chi connectivity index (χ1v) is 7.88. The van der Waals surface area contributed by atoms with Crippen molar-refractivity contribution in [1.29, 1.82) is 0 Å². The molecule has 1 spiro atoms. The van der Waals surface area contributed by atoms with Crippen LogP contribution >= 0.6 is 0 Å². The minimum Gasteiger partial charge on any atom is -0.458 e. The molecule has 1 saturated carbocycles. The molecule has 20 heavy (non-hydrogen) atoms. The molecular formula is C16H22O4. The summed E-state index contributed by atoms with van der Waals surface area (Å²) in [6, 6.07) is 0. The summed E-state index contributed by atoms with van der Waals surface area (Å²) in [6.45, 7) is 4.35. The van der Waals surface area contributed by atoms with E-state index in [-0.39, 0.29) is 35.6 Å². The molecule has 5 rings (SSSR count). The van der Waals surface area contributed by atoms with Crippen LogP contribution in [0.4, 0.5) is 0 Å². The number of rotatable bonds is 1. The van der Waals surface area contributed by atoms with Gasteiger partial charge in [-0.05, 0) is 30.4 Å². The van der Waals surface area contributed by atoms with Crippen molar-refractivity contribution >= 4 is 5.97 Å². The first-order valence-electron chi connectivity index (χ1n) is 7.88. The van der Waals surface area contributed by atoms with Gasteiger partial charge in [-0.15, -0.1) is 0 Å². The maximum Gasteiger partial charge on any atom is 0.313 e. The van der Waals surface area contributed by atoms with Gasteiger partial charge in [0.15, 0.2) is 0 Å². The van der Waals surface area contributed by atoms with E-state index >= 15 is 0 Å². The highest BCUT2D eigenvalue weighted by molar-refractivity contribution is 5.80. The van der Waals surface area contributed by atoms with Gasteiger partial charge >= 0.3 is 5.97 Å². The summed E-state index contributed by atoms with van der Waals surface area (Å²) in [6.07, 6.45) is 7.04. The van der Waals surface area contributed by atoms with Crippen molar-refractivity contribution in [3.8, 4) is 0 Å². The Morgan fingerprint density at radius 1 is 1.20 bits per heavy atom. The van der Waals surface area contributed by atoms with Gasteiger partial charge in [0, 0.05) is 5.92 Å². The number of hydrogen-bond donors (Lipinski definition) is 0. The van der Waals surface area contributed by atoms with Crippen molar-refractivity contribution in [1.82, 2.24) is 0 Å². The van der Waals surface area contributed by atoms with Gasteiger partial charge in [-0.3, -0.25) is 4.79 Å². The minimum absolute atomic E-state index is 0.00490. The molecule has 3 fully saturated rings. The van der Waals surface area contributed by atoms with E-state index in [4.69, 9.17) is 14.5 Å². The molecule has 4 atom stereocenters. The molecule has 0 unspecified atom stereocenters. The molecule has 4 nitrogen and oxygen atoms in total. The molecular weight excluding hydrogens is 256 g/mol. The first-order chi connectivity index (χ1) is 9.63. The van der Waals surface area contributed by atoms with Crippen LogP contribution in [-0.2, 0) is 19.3 Å². The summed E-state index contributed by atoms with van der Waals surface area (Å²) < 4.78 is 5.73. The van der Waals surface area contributed by atoms with Gasteiger partial charge in [0.1, 0.15) is 18.3 Å². The molecule has 0 amide bonds. The molecule has 2 bridgehead atoms. The van der Waals surface area contributed by atoms with Crippen LogP contribution in [0.3, 0.4) is 0 Å². The van der Waals surface area contributed by atoms with Crippen LogP contribution in [0.1, 0.15) is 46.0 Å². The average molecular weight is 278 g/mol. The molecule has 4 heteroatoms.